The van der Waals surface area contributed by atoms with Crippen LogP contribution in [-0.4, -0.2) is 12.0 Å². The Morgan fingerprint density at radius 2 is 2.08 bits per heavy atom. The van der Waals surface area contributed by atoms with Crippen molar-refractivity contribution in [2.45, 2.75) is 6.42 Å². The Kier molecular flexibility index (Phi) is 3.65. The van der Waals surface area contributed by atoms with Crippen molar-refractivity contribution in [1.29, 1.82) is 0 Å². The maximum Gasteiger partial charge on any atom is 0.0859 e. The van der Waals surface area contributed by atoms with Gasteiger partial charge in [0.25, 0.3) is 0 Å². The van der Waals surface area contributed by atoms with Gasteiger partial charge < -0.3 is 4.90 Å². The van der Waals surface area contributed by atoms with Gasteiger partial charge in [-0.3, -0.25) is 0 Å². The molecular formula is C11H13NS. The number of nitrogens with zero attached hydrogens (tertiary/aromatic N) is 1. The van der Waals surface area contributed by atoms with Gasteiger partial charge >= 0.3 is 0 Å². The van der Waals surface area contributed by atoms with Gasteiger partial charge in [0.2, 0.25) is 0 Å². The Labute approximate surface area is 84.7 Å². The molecule has 0 N–H and O–H groups in total. The number of rotatable bonds is 3. The molecule has 0 fully saturated rings. The average Bonchev–Trinajstić information content (AvgIpc) is 2.18. The van der Waals surface area contributed by atoms with E-state index in [1.54, 1.807) is 0 Å². The topological polar surface area (TPSA) is 3.24 Å². The van der Waals surface area contributed by atoms with Crippen LogP contribution in [-0.2, 0) is 0 Å². The van der Waals surface area contributed by atoms with Crippen molar-refractivity contribution >= 4 is 22.9 Å². The van der Waals surface area contributed by atoms with Gasteiger partial charge in [-0.25, -0.2) is 0 Å². The Morgan fingerprint density at radius 1 is 1.46 bits per heavy atom. The minimum Gasteiger partial charge on any atom is -0.339 e. The van der Waals surface area contributed by atoms with Crippen LogP contribution < -0.4 is 4.90 Å². The van der Waals surface area contributed by atoms with E-state index in [-0.39, 0.29) is 0 Å². The summed E-state index contributed by atoms with van der Waals surface area (Å²) < 4.78 is 0. The van der Waals surface area contributed by atoms with E-state index in [0.717, 1.165) is 17.1 Å². The molecule has 0 spiro atoms. The fourth-order valence-electron chi connectivity index (χ4n) is 1.06. The number of benzene rings is 1. The maximum absolute atomic E-state index is 5.21. The van der Waals surface area contributed by atoms with Gasteiger partial charge in [0.05, 0.1) is 4.99 Å². The number of thiocarbonyl (C=S) groups is 1. The standard InChI is InChI=1S/C11H13NS/c1-3-7-11(13)12(2)10-8-5-4-6-9-10/h3-6,8-9H,1,7H2,2H3. The van der Waals surface area contributed by atoms with E-state index >= 15 is 0 Å². The Balaban J connectivity index is 2.73. The third-order valence-corrected chi connectivity index (χ3v) is 2.28. The smallest absolute Gasteiger partial charge is 0.0859 e. The van der Waals surface area contributed by atoms with Crippen LogP contribution in [0.2, 0.25) is 0 Å². The summed E-state index contributed by atoms with van der Waals surface area (Å²) >= 11 is 5.21. The minimum atomic E-state index is 0.751. The molecule has 0 bridgehead atoms. The van der Waals surface area contributed by atoms with Crippen LogP contribution in [0.15, 0.2) is 43.0 Å². The summed E-state index contributed by atoms with van der Waals surface area (Å²) in [6, 6.07) is 10.1. The van der Waals surface area contributed by atoms with E-state index in [1.165, 1.54) is 0 Å². The fraction of sp³-hybridized carbons (Fsp3) is 0.182. The van der Waals surface area contributed by atoms with E-state index in [0.29, 0.717) is 0 Å². The normalized spacial score (nSPS) is 9.31. The monoisotopic (exact) mass is 191 g/mol. The van der Waals surface area contributed by atoms with E-state index in [1.807, 2.05) is 48.4 Å². The first kappa shape index (κ1) is 9.93. The molecule has 0 amide bonds. The zero-order valence-electron chi connectivity index (χ0n) is 7.73. The van der Waals surface area contributed by atoms with Crippen LogP contribution in [0.1, 0.15) is 6.42 Å². The van der Waals surface area contributed by atoms with Gasteiger partial charge in [0, 0.05) is 19.2 Å². The molecule has 0 atom stereocenters. The lowest BCUT2D eigenvalue weighted by Gasteiger charge is -2.18. The summed E-state index contributed by atoms with van der Waals surface area (Å²) in [7, 11) is 1.97. The molecular weight excluding hydrogens is 178 g/mol. The Morgan fingerprint density at radius 3 is 2.62 bits per heavy atom. The maximum atomic E-state index is 5.21. The first-order valence-corrected chi connectivity index (χ1v) is 4.59. The molecule has 0 aliphatic carbocycles. The number of para-hydroxylation sites is 1. The van der Waals surface area contributed by atoms with Crippen LogP contribution in [0.5, 0.6) is 0 Å². The molecule has 0 aliphatic rings. The van der Waals surface area contributed by atoms with Gasteiger partial charge in [-0.2, -0.15) is 0 Å². The molecule has 0 heterocycles. The summed E-state index contributed by atoms with van der Waals surface area (Å²) in [5, 5.41) is 0. The van der Waals surface area contributed by atoms with Crippen molar-refractivity contribution in [3.05, 3.63) is 43.0 Å². The van der Waals surface area contributed by atoms with Gasteiger partial charge in [-0.15, -0.1) is 6.58 Å². The molecule has 1 nitrogen and oxygen atoms in total. The van der Waals surface area contributed by atoms with Crippen LogP contribution in [0.3, 0.4) is 0 Å². The molecule has 1 aromatic carbocycles. The summed E-state index contributed by atoms with van der Waals surface area (Å²) in [4.78, 5) is 2.89. The van der Waals surface area contributed by atoms with Crippen molar-refractivity contribution < 1.29 is 0 Å². The SMILES string of the molecule is C=CCC(=S)N(C)c1ccccc1. The molecule has 1 aromatic rings. The molecule has 0 radical (unpaired) electrons. The second-order valence-corrected chi connectivity index (χ2v) is 3.25. The molecule has 13 heavy (non-hydrogen) atoms. The van der Waals surface area contributed by atoms with E-state index in [2.05, 4.69) is 6.58 Å². The van der Waals surface area contributed by atoms with Crippen molar-refractivity contribution in [3.63, 3.8) is 0 Å². The van der Waals surface area contributed by atoms with Crippen molar-refractivity contribution in [3.8, 4) is 0 Å². The molecule has 0 saturated carbocycles. The third kappa shape index (κ3) is 2.67. The molecule has 0 aliphatic heterocycles. The molecule has 0 aromatic heterocycles. The average molecular weight is 191 g/mol. The van der Waals surface area contributed by atoms with E-state index in [4.69, 9.17) is 12.2 Å². The first-order valence-electron chi connectivity index (χ1n) is 4.18. The predicted octanol–water partition coefficient (Wildman–Crippen LogP) is 3.03. The summed E-state index contributed by atoms with van der Waals surface area (Å²) in [6.45, 7) is 3.66. The van der Waals surface area contributed by atoms with E-state index in [9.17, 15) is 0 Å². The zero-order valence-corrected chi connectivity index (χ0v) is 8.55. The van der Waals surface area contributed by atoms with Crippen molar-refractivity contribution in [2.75, 3.05) is 11.9 Å². The fourth-order valence-corrected chi connectivity index (χ4v) is 1.28. The number of hydrogen-bond acceptors (Lipinski definition) is 1. The van der Waals surface area contributed by atoms with Crippen LogP contribution in [0, 0.1) is 0 Å². The highest BCUT2D eigenvalue weighted by atomic mass is 32.1. The summed E-state index contributed by atoms with van der Waals surface area (Å²) in [5.74, 6) is 0. The molecule has 1 rings (SSSR count). The number of hydrogen-bond donors (Lipinski definition) is 0. The second kappa shape index (κ2) is 4.77. The van der Waals surface area contributed by atoms with E-state index < -0.39 is 0 Å². The van der Waals surface area contributed by atoms with Crippen molar-refractivity contribution in [2.24, 2.45) is 0 Å². The quantitative estimate of drug-likeness (QED) is 0.533. The van der Waals surface area contributed by atoms with Crippen LogP contribution in [0.25, 0.3) is 0 Å². The molecule has 0 saturated heterocycles. The second-order valence-electron chi connectivity index (χ2n) is 2.78. The Bertz CT molecular complexity index is 292. The summed E-state index contributed by atoms with van der Waals surface area (Å²) in [6.07, 6.45) is 2.57. The predicted molar refractivity (Wildman–Crippen MR) is 62.3 cm³/mol. The molecule has 68 valence electrons. The summed E-state index contributed by atoms with van der Waals surface area (Å²) in [5.41, 5.74) is 1.12. The highest BCUT2D eigenvalue weighted by Gasteiger charge is 2.03. The lowest BCUT2D eigenvalue weighted by molar-refractivity contribution is 1.24. The zero-order chi connectivity index (χ0) is 9.68. The van der Waals surface area contributed by atoms with Crippen LogP contribution in [0.4, 0.5) is 5.69 Å². The van der Waals surface area contributed by atoms with Gasteiger partial charge in [-0.05, 0) is 12.1 Å². The van der Waals surface area contributed by atoms with Crippen LogP contribution >= 0.6 is 12.2 Å². The third-order valence-electron chi connectivity index (χ3n) is 1.84. The van der Waals surface area contributed by atoms with Gasteiger partial charge in [0.1, 0.15) is 0 Å². The lowest BCUT2D eigenvalue weighted by Crippen LogP contribution is -2.23. The highest BCUT2D eigenvalue weighted by Crippen LogP contribution is 2.12. The van der Waals surface area contributed by atoms with Gasteiger partial charge in [0.15, 0.2) is 0 Å². The largest absolute Gasteiger partial charge is 0.339 e. The first-order chi connectivity index (χ1) is 6.25. The highest BCUT2D eigenvalue weighted by molar-refractivity contribution is 7.80. The Hall–Kier alpha value is -1.15. The molecule has 0 unspecified atom stereocenters. The lowest BCUT2D eigenvalue weighted by atomic mass is 10.3. The number of anilines is 1. The molecule has 2 heteroatoms. The minimum absolute atomic E-state index is 0.751. The van der Waals surface area contributed by atoms with Gasteiger partial charge in [-0.1, -0.05) is 36.5 Å². The van der Waals surface area contributed by atoms with Crippen molar-refractivity contribution in [1.82, 2.24) is 0 Å².